The van der Waals surface area contributed by atoms with E-state index in [9.17, 15) is 4.79 Å². The van der Waals surface area contributed by atoms with Crippen LogP contribution >= 0.6 is 0 Å². The van der Waals surface area contributed by atoms with Crippen LogP contribution < -0.4 is 9.64 Å². The minimum Gasteiger partial charge on any atom is -0.497 e. The second-order valence-corrected chi connectivity index (χ2v) is 7.16. The lowest BCUT2D eigenvalue weighted by Crippen LogP contribution is -2.49. The standard InChI is InChI=1S/C19H21N7O2/c1-28-15-4-2-3-14(11-15)26-18-16(22-23-26)17(20-12-21-18)24-7-9-25(10-8-24)19(27)13-5-6-13/h2-4,11-13H,5-10H2,1H3. The first-order chi connectivity index (χ1) is 13.7. The molecule has 5 rings (SSSR count). The Bertz CT molecular complexity index is 1020. The number of anilines is 1. The summed E-state index contributed by atoms with van der Waals surface area (Å²) in [6, 6.07) is 7.60. The highest BCUT2D eigenvalue weighted by molar-refractivity contribution is 5.84. The smallest absolute Gasteiger partial charge is 0.225 e. The molecule has 0 atom stereocenters. The highest BCUT2D eigenvalue weighted by atomic mass is 16.5. The van der Waals surface area contributed by atoms with Crippen molar-refractivity contribution in [2.75, 3.05) is 38.2 Å². The molecule has 1 aliphatic heterocycles. The molecule has 1 aromatic carbocycles. The zero-order valence-corrected chi connectivity index (χ0v) is 15.7. The van der Waals surface area contributed by atoms with Gasteiger partial charge in [-0.3, -0.25) is 4.79 Å². The second-order valence-electron chi connectivity index (χ2n) is 7.16. The van der Waals surface area contributed by atoms with Crippen molar-refractivity contribution in [2.45, 2.75) is 12.8 Å². The average Bonchev–Trinajstić information content (AvgIpc) is 3.51. The minimum absolute atomic E-state index is 0.264. The van der Waals surface area contributed by atoms with Crippen molar-refractivity contribution < 1.29 is 9.53 Å². The van der Waals surface area contributed by atoms with E-state index in [0.717, 1.165) is 43.2 Å². The number of hydrogen-bond donors (Lipinski definition) is 0. The molecule has 0 bridgehead atoms. The van der Waals surface area contributed by atoms with Gasteiger partial charge in [0.05, 0.1) is 12.8 Å². The summed E-state index contributed by atoms with van der Waals surface area (Å²) in [5, 5.41) is 8.63. The fourth-order valence-electron chi connectivity index (χ4n) is 3.61. The third-order valence-electron chi connectivity index (χ3n) is 5.33. The quantitative estimate of drug-likeness (QED) is 0.674. The topological polar surface area (TPSA) is 89.3 Å². The molecule has 9 nitrogen and oxygen atoms in total. The zero-order valence-electron chi connectivity index (χ0n) is 15.7. The summed E-state index contributed by atoms with van der Waals surface area (Å²) in [5.41, 5.74) is 2.13. The number of hydrogen-bond acceptors (Lipinski definition) is 7. The van der Waals surface area contributed by atoms with Gasteiger partial charge in [0, 0.05) is 38.2 Å². The van der Waals surface area contributed by atoms with Crippen LogP contribution in [0.15, 0.2) is 30.6 Å². The van der Waals surface area contributed by atoms with Gasteiger partial charge in [-0.15, -0.1) is 5.10 Å². The van der Waals surface area contributed by atoms with Crippen molar-refractivity contribution in [2.24, 2.45) is 5.92 Å². The first-order valence-electron chi connectivity index (χ1n) is 9.49. The van der Waals surface area contributed by atoms with E-state index in [2.05, 4.69) is 25.2 Å². The molecule has 2 fully saturated rings. The Balaban J connectivity index is 1.42. The maximum absolute atomic E-state index is 12.3. The molecule has 0 radical (unpaired) electrons. The van der Waals surface area contributed by atoms with Gasteiger partial charge in [-0.2, -0.15) is 4.68 Å². The predicted molar refractivity (Wildman–Crippen MR) is 103 cm³/mol. The van der Waals surface area contributed by atoms with Crippen molar-refractivity contribution >= 4 is 22.9 Å². The normalized spacial score (nSPS) is 17.2. The molecule has 9 heteroatoms. The van der Waals surface area contributed by atoms with Gasteiger partial charge in [-0.05, 0) is 25.0 Å². The summed E-state index contributed by atoms with van der Waals surface area (Å²) in [7, 11) is 1.63. The largest absolute Gasteiger partial charge is 0.497 e. The van der Waals surface area contributed by atoms with Gasteiger partial charge in [0.1, 0.15) is 12.1 Å². The molecular weight excluding hydrogens is 358 g/mol. The molecule has 1 amide bonds. The third-order valence-corrected chi connectivity index (χ3v) is 5.33. The van der Waals surface area contributed by atoms with Crippen LogP contribution in [0.1, 0.15) is 12.8 Å². The van der Waals surface area contributed by atoms with Crippen molar-refractivity contribution in [3.05, 3.63) is 30.6 Å². The van der Waals surface area contributed by atoms with E-state index < -0.39 is 0 Å². The van der Waals surface area contributed by atoms with Gasteiger partial charge in [-0.1, -0.05) is 11.3 Å². The molecule has 1 saturated heterocycles. The van der Waals surface area contributed by atoms with Crippen molar-refractivity contribution in [3.8, 4) is 11.4 Å². The number of aromatic nitrogens is 5. The minimum atomic E-state index is 0.264. The summed E-state index contributed by atoms with van der Waals surface area (Å²) in [6.07, 6.45) is 3.62. The number of nitrogens with zero attached hydrogens (tertiary/aromatic N) is 7. The van der Waals surface area contributed by atoms with E-state index in [4.69, 9.17) is 4.74 Å². The number of carbonyl (C=O) groups is 1. The molecule has 3 heterocycles. The molecule has 2 aromatic heterocycles. The number of carbonyl (C=O) groups excluding carboxylic acids is 1. The van der Waals surface area contributed by atoms with Gasteiger partial charge < -0.3 is 14.5 Å². The number of methoxy groups -OCH3 is 1. The van der Waals surface area contributed by atoms with E-state index in [0.29, 0.717) is 30.2 Å². The summed E-state index contributed by atoms with van der Waals surface area (Å²) in [6.45, 7) is 2.89. The summed E-state index contributed by atoms with van der Waals surface area (Å²) in [4.78, 5) is 25.3. The number of benzene rings is 1. The molecular formula is C19H21N7O2. The van der Waals surface area contributed by atoms with Crippen LogP contribution in [0.25, 0.3) is 16.9 Å². The molecule has 144 valence electrons. The van der Waals surface area contributed by atoms with Crippen LogP contribution in [-0.4, -0.2) is 69.1 Å². The van der Waals surface area contributed by atoms with Gasteiger partial charge in [0.15, 0.2) is 17.0 Å². The number of amides is 1. The van der Waals surface area contributed by atoms with E-state index >= 15 is 0 Å². The second kappa shape index (κ2) is 6.74. The fraction of sp³-hybridized carbons (Fsp3) is 0.421. The van der Waals surface area contributed by atoms with E-state index in [1.807, 2.05) is 29.2 Å². The zero-order chi connectivity index (χ0) is 19.1. The van der Waals surface area contributed by atoms with E-state index in [1.165, 1.54) is 0 Å². The molecule has 1 saturated carbocycles. The van der Waals surface area contributed by atoms with Crippen LogP contribution in [0, 0.1) is 5.92 Å². The Labute approximate surface area is 161 Å². The first kappa shape index (κ1) is 16.9. The number of piperazine rings is 1. The van der Waals surface area contributed by atoms with Crippen LogP contribution in [0.3, 0.4) is 0 Å². The maximum Gasteiger partial charge on any atom is 0.225 e. The Kier molecular flexibility index (Phi) is 4.07. The SMILES string of the molecule is COc1cccc(-n2nnc3c(N4CCN(C(=O)C5CC5)CC4)ncnc32)c1. The third kappa shape index (κ3) is 2.92. The number of ether oxygens (including phenoxy) is 1. The van der Waals surface area contributed by atoms with Gasteiger partial charge in [-0.25, -0.2) is 9.97 Å². The molecule has 0 spiro atoms. The highest BCUT2D eigenvalue weighted by Gasteiger charge is 2.35. The van der Waals surface area contributed by atoms with Crippen LogP contribution in [-0.2, 0) is 4.79 Å². The lowest BCUT2D eigenvalue weighted by Gasteiger charge is -2.35. The van der Waals surface area contributed by atoms with Crippen molar-refractivity contribution in [1.82, 2.24) is 29.9 Å². The molecule has 3 aromatic rings. The van der Waals surface area contributed by atoms with E-state index in [1.54, 1.807) is 18.1 Å². The summed E-state index contributed by atoms with van der Waals surface area (Å²) >= 11 is 0. The Morgan fingerprint density at radius 2 is 1.96 bits per heavy atom. The van der Waals surface area contributed by atoms with Crippen LogP contribution in [0.5, 0.6) is 5.75 Å². The Morgan fingerprint density at radius 1 is 1.14 bits per heavy atom. The van der Waals surface area contributed by atoms with Crippen LogP contribution in [0.2, 0.25) is 0 Å². The number of fused-ring (bicyclic) bond motifs is 1. The fourth-order valence-corrected chi connectivity index (χ4v) is 3.61. The first-order valence-corrected chi connectivity index (χ1v) is 9.49. The van der Waals surface area contributed by atoms with Gasteiger partial charge >= 0.3 is 0 Å². The Hall–Kier alpha value is -3.23. The maximum atomic E-state index is 12.3. The van der Waals surface area contributed by atoms with E-state index in [-0.39, 0.29) is 5.92 Å². The highest BCUT2D eigenvalue weighted by Crippen LogP contribution is 2.32. The van der Waals surface area contributed by atoms with Crippen molar-refractivity contribution in [3.63, 3.8) is 0 Å². The van der Waals surface area contributed by atoms with Gasteiger partial charge in [0.2, 0.25) is 5.91 Å². The molecule has 0 unspecified atom stereocenters. The van der Waals surface area contributed by atoms with Gasteiger partial charge in [0.25, 0.3) is 0 Å². The number of rotatable bonds is 4. The predicted octanol–water partition coefficient (Wildman–Crippen LogP) is 1.28. The molecule has 0 N–H and O–H groups in total. The molecule has 28 heavy (non-hydrogen) atoms. The lowest BCUT2D eigenvalue weighted by atomic mass is 10.2. The Morgan fingerprint density at radius 3 is 2.71 bits per heavy atom. The average molecular weight is 379 g/mol. The molecule has 1 aliphatic carbocycles. The summed E-state index contributed by atoms with van der Waals surface area (Å²) < 4.78 is 6.99. The monoisotopic (exact) mass is 379 g/mol. The van der Waals surface area contributed by atoms with Crippen molar-refractivity contribution in [1.29, 1.82) is 0 Å². The summed E-state index contributed by atoms with van der Waals surface area (Å²) in [5.74, 6) is 2.07. The lowest BCUT2D eigenvalue weighted by molar-refractivity contribution is -0.132. The molecule has 2 aliphatic rings. The van der Waals surface area contributed by atoms with Crippen LogP contribution in [0.4, 0.5) is 5.82 Å².